The molecule has 4 heteroatoms. The molecule has 2 rings (SSSR count). The molecule has 1 aromatic rings. The molecule has 1 fully saturated rings. The maximum absolute atomic E-state index is 12.4. The summed E-state index contributed by atoms with van der Waals surface area (Å²) in [6.07, 6.45) is 6.65. The summed E-state index contributed by atoms with van der Waals surface area (Å²) in [6.45, 7) is 7.26. The first-order valence-electron chi connectivity index (χ1n) is 9.36. The summed E-state index contributed by atoms with van der Waals surface area (Å²) in [5, 5.41) is 0. The van der Waals surface area contributed by atoms with E-state index < -0.39 is 0 Å². The van der Waals surface area contributed by atoms with E-state index in [1.54, 1.807) is 7.11 Å². The Morgan fingerprint density at radius 2 is 1.75 bits per heavy atom. The minimum atomic E-state index is 0.288. The Morgan fingerprint density at radius 1 is 1.04 bits per heavy atom. The third-order valence-corrected chi connectivity index (χ3v) is 4.84. The van der Waals surface area contributed by atoms with E-state index in [0.717, 1.165) is 38.3 Å². The van der Waals surface area contributed by atoms with Crippen LogP contribution in [0.2, 0.25) is 0 Å². The second-order valence-corrected chi connectivity index (χ2v) is 6.63. The molecular formula is C20H32N2O2. The van der Waals surface area contributed by atoms with Crippen LogP contribution in [0.25, 0.3) is 0 Å². The van der Waals surface area contributed by atoms with E-state index in [-0.39, 0.29) is 5.91 Å². The molecule has 0 saturated carbocycles. The highest BCUT2D eigenvalue weighted by atomic mass is 16.5. The number of benzene rings is 1. The van der Waals surface area contributed by atoms with E-state index in [4.69, 9.17) is 4.74 Å². The number of amides is 1. The number of rotatable bonds is 9. The van der Waals surface area contributed by atoms with Gasteiger partial charge in [0.1, 0.15) is 5.75 Å². The summed E-state index contributed by atoms with van der Waals surface area (Å²) in [5.74, 6) is 1.15. The van der Waals surface area contributed by atoms with Gasteiger partial charge in [-0.15, -0.1) is 0 Å². The van der Waals surface area contributed by atoms with Gasteiger partial charge < -0.3 is 9.64 Å². The Bertz CT molecular complexity index is 479. The van der Waals surface area contributed by atoms with Crippen LogP contribution in [0.3, 0.4) is 0 Å². The first kappa shape index (κ1) is 18.8. The molecule has 0 spiro atoms. The number of piperazine rings is 1. The zero-order valence-corrected chi connectivity index (χ0v) is 15.3. The third kappa shape index (κ3) is 6.16. The van der Waals surface area contributed by atoms with Crippen LogP contribution in [0.4, 0.5) is 0 Å². The van der Waals surface area contributed by atoms with Gasteiger partial charge in [0.2, 0.25) is 5.91 Å². The quantitative estimate of drug-likeness (QED) is 0.650. The Labute approximate surface area is 146 Å². The van der Waals surface area contributed by atoms with Gasteiger partial charge in [-0.3, -0.25) is 9.69 Å². The van der Waals surface area contributed by atoms with Gasteiger partial charge in [-0.1, -0.05) is 38.3 Å². The molecule has 0 N–H and O–H groups in total. The van der Waals surface area contributed by atoms with Gasteiger partial charge in [-0.25, -0.2) is 0 Å². The lowest BCUT2D eigenvalue weighted by Crippen LogP contribution is -2.48. The molecule has 1 amide bonds. The van der Waals surface area contributed by atoms with Gasteiger partial charge in [-0.05, 0) is 37.1 Å². The molecule has 1 aromatic carbocycles. The molecule has 0 atom stereocenters. The van der Waals surface area contributed by atoms with Crippen molar-refractivity contribution in [1.29, 1.82) is 0 Å². The number of methoxy groups -OCH3 is 1. The fraction of sp³-hybridized carbons (Fsp3) is 0.650. The number of hydrogen-bond acceptors (Lipinski definition) is 3. The second-order valence-electron chi connectivity index (χ2n) is 6.63. The number of carbonyl (C=O) groups is 1. The van der Waals surface area contributed by atoms with E-state index in [0.29, 0.717) is 6.42 Å². The fourth-order valence-corrected chi connectivity index (χ4v) is 3.18. The van der Waals surface area contributed by atoms with Gasteiger partial charge in [0.05, 0.1) is 7.11 Å². The average Bonchev–Trinajstić information content (AvgIpc) is 2.64. The van der Waals surface area contributed by atoms with Gasteiger partial charge in [0, 0.05) is 32.6 Å². The van der Waals surface area contributed by atoms with Crippen LogP contribution in [0.5, 0.6) is 5.75 Å². The van der Waals surface area contributed by atoms with Gasteiger partial charge in [0.15, 0.2) is 0 Å². The Morgan fingerprint density at radius 3 is 2.38 bits per heavy atom. The molecule has 1 saturated heterocycles. The molecule has 0 aromatic heterocycles. The predicted molar refractivity (Wildman–Crippen MR) is 98.5 cm³/mol. The van der Waals surface area contributed by atoms with Gasteiger partial charge in [-0.2, -0.15) is 0 Å². The van der Waals surface area contributed by atoms with E-state index in [1.807, 2.05) is 29.2 Å². The number of nitrogens with zero attached hydrogens (tertiary/aromatic N) is 2. The topological polar surface area (TPSA) is 32.8 Å². The van der Waals surface area contributed by atoms with Crippen molar-refractivity contribution in [2.45, 2.75) is 45.4 Å². The van der Waals surface area contributed by atoms with Crippen LogP contribution < -0.4 is 4.74 Å². The zero-order chi connectivity index (χ0) is 17.2. The molecule has 1 heterocycles. The van der Waals surface area contributed by atoms with E-state index in [1.165, 1.54) is 37.8 Å². The van der Waals surface area contributed by atoms with Crippen LogP contribution in [0.15, 0.2) is 24.3 Å². The van der Waals surface area contributed by atoms with E-state index >= 15 is 0 Å². The highest BCUT2D eigenvalue weighted by molar-refractivity contribution is 5.76. The second kappa shape index (κ2) is 10.3. The van der Waals surface area contributed by atoms with E-state index in [2.05, 4.69) is 11.8 Å². The average molecular weight is 332 g/mol. The van der Waals surface area contributed by atoms with Crippen LogP contribution in [0, 0.1) is 0 Å². The molecular weight excluding hydrogens is 300 g/mol. The maximum Gasteiger partial charge on any atom is 0.222 e. The standard InChI is InChI=1S/C20H32N2O2/c1-3-4-5-6-13-21-14-16-22(17-15-21)20(23)12-9-18-7-10-19(24-2)11-8-18/h7-8,10-11H,3-6,9,12-17H2,1-2H3. The summed E-state index contributed by atoms with van der Waals surface area (Å²) in [6, 6.07) is 7.99. The summed E-state index contributed by atoms with van der Waals surface area (Å²) >= 11 is 0. The normalized spacial score (nSPS) is 15.5. The number of hydrogen-bond donors (Lipinski definition) is 0. The first-order valence-corrected chi connectivity index (χ1v) is 9.36. The number of carbonyl (C=O) groups excluding carboxylic acids is 1. The highest BCUT2D eigenvalue weighted by Crippen LogP contribution is 2.14. The molecule has 134 valence electrons. The van der Waals surface area contributed by atoms with Crippen molar-refractivity contribution in [3.05, 3.63) is 29.8 Å². The fourth-order valence-electron chi connectivity index (χ4n) is 3.18. The van der Waals surface area contributed by atoms with Crippen molar-refractivity contribution in [1.82, 2.24) is 9.80 Å². The Hall–Kier alpha value is -1.55. The highest BCUT2D eigenvalue weighted by Gasteiger charge is 2.20. The minimum absolute atomic E-state index is 0.288. The van der Waals surface area contributed by atoms with Crippen LogP contribution in [0.1, 0.15) is 44.6 Å². The number of aryl methyl sites for hydroxylation is 1. The summed E-state index contributed by atoms with van der Waals surface area (Å²) in [7, 11) is 1.67. The van der Waals surface area contributed by atoms with Crippen molar-refractivity contribution in [2.24, 2.45) is 0 Å². The maximum atomic E-state index is 12.4. The lowest BCUT2D eigenvalue weighted by molar-refractivity contribution is -0.132. The monoisotopic (exact) mass is 332 g/mol. The lowest BCUT2D eigenvalue weighted by Gasteiger charge is -2.34. The molecule has 4 nitrogen and oxygen atoms in total. The minimum Gasteiger partial charge on any atom is -0.497 e. The predicted octanol–water partition coefficient (Wildman–Crippen LogP) is 3.35. The largest absolute Gasteiger partial charge is 0.497 e. The van der Waals surface area contributed by atoms with Crippen molar-refractivity contribution >= 4 is 5.91 Å². The molecule has 0 aliphatic carbocycles. The van der Waals surface area contributed by atoms with Gasteiger partial charge in [0.25, 0.3) is 0 Å². The van der Waals surface area contributed by atoms with Crippen molar-refractivity contribution in [3.63, 3.8) is 0 Å². The SMILES string of the molecule is CCCCCCN1CCN(C(=O)CCc2ccc(OC)cc2)CC1. The molecule has 1 aliphatic heterocycles. The molecule has 0 unspecified atom stereocenters. The first-order chi connectivity index (χ1) is 11.7. The van der Waals surface area contributed by atoms with Crippen LogP contribution in [-0.4, -0.2) is 55.5 Å². The van der Waals surface area contributed by atoms with Crippen LogP contribution in [-0.2, 0) is 11.2 Å². The number of unbranched alkanes of at least 4 members (excludes halogenated alkanes) is 3. The van der Waals surface area contributed by atoms with E-state index in [9.17, 15) is 4.79 Å². The summed E-state index contributed by atoms with van der Waals surface area (Å²) in [5.41, 5.74) is 1.19. The Kier molecular flexibility index (Phi) is 8.10. The number of ether oxygens (including phenoxy) is 1. The van der Waals surface area contributed by atoms with Crippen molar-refractivity contribution in [3.8, 4) is 5.75 Å². The lowest BCUT2D eigenvalue weighted by atomic mass is 10.1. The molecule has 24 heavy (non-hydrogen) atoms. The molecule has 0 bridgehead atoms. The molecule has 1 aliphatic rings. The van der Waals surface area contributed by atoms with Crippen molar-refractivity contribution in [2.75, 3.05) is 39.8 Å². The molecule has 0 radical (unpaired) electrons. The Balaban J connectivity index is 1.65. The van der Waals surface area contributed by atoms with Crippen LogP contribution >= 0.6 is 0 Å². The zero-order valence-electron chi connectivity index (χ0n) is 15.3. The summed E-state index contributed by atoms with van der Waals surface area (Å²) in [4.78, 5) is 16.9. The third-order valence-electron chi connectivity index (χ3n) is 4.84. The van der Waals surface area contributed by atoms with Gasteiger partial charge >= 0.3 is 0 Å². The smallest absolute Gasteiger partial charge is 0.222 e. The van der Waals surface area contributed by atoms with Crippen molar-refractivity contribution < 1.29 is 9.53 Å². The summed E-state index contributed by atoms with van der Waals surface area (Å²) < 4.78 is 5.16.